The molecule has 0 aromatic heterocycles. The predicted octanol–water partition coefficient (Wildman–Crippen LogP) is 6.19. The van der Waals surface area contributed by atoms with E-state index in [9.17, 15) is 4.79 Å². The molecule has 1 aromatic carbocycles. The van der Waals surface area contributed by atoms with Gasteiger partial charge >= 0.3 is 5.97 Å². The van der Waals surface area contributed by atoms with Crippen molar-refractivity contribution in [1.82, 2.24) is 0 Å². The fraction of sp³-hybridized carbons (Fsp3) is 0.560. The molecule has 27 heavy (non-hydrogen) atoms. The molecule has 1 fully saturated rings. The molecule has 1 atom stereocenters. The molecule has 3 rings (SSSR count). The van der Waals surface area contributed by atoms with Crippen molar-refractivity contribution < 1.29 is 9.90 Å². The zero-order valence-corrected chi connectivity index (χ0v) is 17.7. The summed E-state index contributed by atoms with van der Waals surface area (Å²) in [5, 5.41) is 8.87. The second-order valence-corrected chi connectivity index (χ2v) is 10.3. The first-order chi connectivity index (χ1) is 12.5. The minimum Gasteiger partial charge on any atom is -0.478 e. The number of hydrogen-bond acceptors (Lipinski definition) is 1. The minimum atomic E-state index is -0.875. The van der Waals surface area contributed by atoms with Gasteiger partial charge in [0.15, 0.2) is 0 Å². The van der Waals surface area contributed by atoms with Crippen LogP contribution in [0, 0.1) is 11.3 Å². The fourth-order valence-corrected chi connectivity index (χ4v) is 5.04. The van der Waals surface area contributed by atoms with Gasteiger partial charge in [0.1, 0.15) is 0 Å². The van der Waals surface area contributed by atoms with E-state index in [2.05, 4.69) is 58.9 Å². The maximum absolute atomic E-state index is 10.8. The van der Waals surface area contributed by atoms with Gasteiger partial charge in [-0.1, -0.05) is 65.0 Å². The molecule has 0 amide bonds. The molecule has 1 N–H and O–H groups in total. The molecule has 0 saturated heterocycles. The number of allylic oxidation sites excluding steroid dienone is 3. The Morgan fingerprint density at radius 3 is 2.48 bits per heavy atom. The van der Waals surface area contributed by atoms with Gasteiger partial charge < -0.3 is 5.11 Å². The highest BCUT2D eigenvalue weighted by Gasteiger charge is 2.56. The number of carbonyl (C=O) groups is 1. The Kier molecular flexibility index (Phi) is 4.91. The van der Waals surface area contributed by atoms with Crippen molar-refractivity contribution in [3.63, 3.8) is 0 Å². The molecule has 1 aromatic rings. The minimum absolute atomic E-state index is 0.178. The van der Waals surface area contributed by atoms with E-state index in [4.69, 9.17) is 5.11 Å². The van der Waals surface area contributed by atoms with Crippen LogP contribution < -0.4 is 0 Å². The van der Waals surface area contributed by atoms with Crippen LogP contribution in [0.25, 0.3) is 0 Å². The van der Waals surface area contributed by atoms with Crippen LogP contribution in [0.2, 0.25) is 0 Å². The van der Waals surface area contributed by atoms with Gasteiger partial charge in [-0.15, -0.1) is 0 Å². The molecule has 0 radical (unpaired) electrons. The maximum atomic E-state index is 10.8. The van der Waals surface area contributed by atoms with Gasteiger partial charge in [-0.05, 0) is 77.0 Å². The summed E-state index contributed by atoms with van der Waals surface area (Å²) in [4.78, 5) is 10.8. The highest BCUT2D eigenvalue weighted by atomic mass is 16.4. The van der Waals surface area contributed by atoms with Crippen LogP contribution in [0.4, 0.5) is 0 Å². The fourth-order valence-electron chi connectivity index (χ4n) is 5.04. The third-order valence-corrected chi connectivity index (χ3v) is 6.85. The van der Waals surface area contributed by atoms with Gasteiger partial charge in [-0.2, -0.15) is 0 Å². The summed E-state index contributed by atoms with van der Waals surface area (Å²) in [6, 6.07) is 7.14. The number of carboxylic acids is 1. The lowest BCUT2D eigenvalue weighted by Gasteiger charge is -2.35. The molecule has 2 aliphatic rings. The molecule has 0 heterocycles. The zero-order chi connectivity index (χ0) is 20.0. The summed E-state index contributed by atoms with van der Waals surface area (Å²) in [5.41, 5.74) is 6.04. The summed E-state index contributed by atoms with van der Waals surface area (Å²) in [6.45, 7) is 13.6. The lowest BCUT2D eigenvalue weighted by atomic mass is 9.68. The van der Waals surface area contributed by atoms with E-state index >= 15 is 0 Å². The molecule has 2 heteroatoms. The molecule has 0 spiro atoms. The molecule has 0 aliphatic heterocycles. The molecule has 0 bridgehead atoms. The lowest BCUT2D eigenvalue weighted by molar-refractivity contribution is -0.131. The van der Waals surface area contributed by atoms with Crippen LogP contribution >= 0.6 is 0 Å². The highest BCUT2D eigenvalue weighted by molar-refractivity contribution is 5.81. The second kappa shape index (κ2) is 6.65. The van der Waals surface area contributed by atoms with Gasteiger partial charge in [-0.25, -0.2) is 4.79 Å². The lowest BCUT2D eigenvalue weighted by Crippen LogP contribution is -2.32. The summed E-state index contributed by atoms with van der Waals surface area (Å²) >= 11 is 0. The van der Waals surface area contributed by atoms with Gasteiger partial charge in [0.25, 0.3) is 0 Å². The van der Waals surface area contributed by atoms with Crippen molar-refractivity contribution in [2.75, 3.05) is 0 Å². The number of rotatable bonds is 5. The summed E-state index contributed by atoms with van der Waals surface area (Å²) < 4.78 is 0. The quantitative estimate of drug-likeness (QED) is 0.498. The van der Waals surface area contributed by atoms with E-state index in [1.54, 1.807) is 0 Å². The van der Waals surface area contributed by atoms with E-state index in [1.807, 2.05) is 13.0 Å². The summed E-state index contributed by atoms with van der Waals surface area (Å²) in [6.07, 6.45) is 10.2. The summed E-state index contributed by atoms with van der Waals surface area (Å²) in [5.74, 6) is -0.219. The van der Waals surface area contributed by atoms with Crippen LogP contribution in [-0.4, -0.2) is 11.1 Å². The Hall–Kier alpha value is -1.83. The van der Waals surface area contributed by atoms with E-state index in [0.29, 0.717) is 11.3 Å². The standard InChI is InChI=1S/C25H34O2/c1-17(14-22(26)27)8-7-11-25(12-13-25)21-15-18-9-10-19(23(2,3)4)16-20(18)24(21,5)6/h7-10,14,16,21H,11-13,15H2,1-6H3,(H,26,27). The van der Waals surface area contributed by atoms with Crippen molar-refractivity contribution in [3.05, 3.63) is 58.7 Å². The smallest absolute Gasteiger partial charge is 0.328 e. The number of aliphatic carboxylic acids is 1. The van der Waals surface area contributed by atoms with Crippen molar-refractivity contribution in [2.24, 2.45) is 11.3 Å². The van der Waals surface area contributed by atoms with Gasteiger partial charge in [0.05, 0.1) is 0 Å². The average Bonchev–Trinajstić information content (AvgIpc) is 3.25. The van der Waals surface area contributed by atoms with Gasteiger partial charge in [0.2, 0.25) is 0 Å². The highest BCUT2D eigenvalue weighted by Crippen LogP contribution is 2.64. The van der Waals surface area contributed by atoms with E-state index in [-0.39, 0.29) is 10.8 Å². The maximum Gasteiger partial charge on any atom is 0.328 e. The second-order valence-electron chi connectivity index (χ2n) is 10.3. The third kappa shape index (κ3) is 3.90. The van der Waals surface area contributed by atoms with Crippen LogP contribution in [0.15, 0.2) is 42.0 Å². The molecule has 1 saturated carbocycles. The Morgan fingerprint density at radius 2 is 1.93 bits per heavy atom. The predicted molar refractivity (Wildman–Crippen MR) is 112 cm³/mol. The number of hydrogen-bond donors (Lipinski definition) is 1. The SMILES string of the molecule is CC(C=CCC1(C2Cc3ccc(C(C)(C)C)cc3C2(C)C)CC1)=CC(=O)O. The normalized spacial score (nSPS) is 23.5. The molecule has 1 unspecified atom stereocenters. The van der Waals surface area contributed by atoms with Crippen LogP contribution in [0.3, 0.4) is 0 Å². The van der Waals surface area contributed by atoms with E-state index in [1.165, 1.54) is 42.0 Å². The Labute approximate surface area is 164 Å². The monoisotopic (exact) mass is 366 g/mol. The van der Waals surface area contributed by atoms with Crippen LogP contribution in [-0.2, 0) is 22.0 Å². The topological polar surface area (TPSA) is 37.3 Å². The van der Waals surface area contributed by atoms with Crippen molar-refractivity contribution >= 4 is 5.97 Å². The Morgan fingerprint density at radius 1 is 1.26 bits per heavy atom. The molecule has 2 nitrogen and oxygen atoms in total. The number of carboxylic acid groups (broad SMARTS) is 1. The van der Waals surface area contributed by atoms with Crippen LogP contribution in [0.5, 0.6) is 0 Å². The molecule has 2 aliphatic carbocycles. The zero-order valence-electron chi connectivity index (χ0n) is 17.7. The first-order valence-electron chi connectivity index (χ1n) is 10.2. The van der Waals surface area contributed by atoms with Crippen LogP contribution in [0.1, 0.15) is 77.5 Å². The van der Waals surface area contributed by atoms with Gasteiger partial charge in [-0.3, -0.25) is 0 Å². The van der Waals surface area contributed by atoms with Crippen molar-refractivity contribution in [1.29, 1.82) is 0 Å². The third-order valence-electron chi connectivity index (χ3n) is 6.85. The number of benzene rings is 1. The molecule has 146 valence electrons. The molecular formula is C25H34O2. The summed E-state index contributed by atoms with van der Waals surface area (Å²) in [7, 11) is 0. The van der Waals surface area contributed by atoms with Crippen molar-refractivity contribution in [3.8, 4) is 0 Å². The average molecular weight is 367 g/mol. The molecular weight excluding hydrogens is 332 g/mol. The van der Waals surface area contributed by atoms with Gasteiger partial charge in [0, 0.05) is 6.08 Å². The van der Waals surface area contributed by atoms with E-state index in [0.717, 1.165) is 12.0 Å². The first kappa shape index (κ1) is 19.9. The Bertz CT molecular complexity index is 798. The largest absolute Gasteiger partial charge is 0.478 e. The van der Waals surface area contributed by atoms with E-state index < -0.39 is 5.97 Å². The first-order valence-corrected chi connectivity index (χ1v) is 10.2. The van der Waals surface area contributed by atoms with Crippen molar-refractivity contribution in [2.45, 2.75) is 78.1 Å². The number of fused-ring (bicyclic) bond motifs is 1. The Balaban J connectivity index is 1.82.